The third-order valence-electron chi connectivity index (χ3n) is 2.42. The van der Waals surface area contributed by atoms with Crippen LogP contribution in [0.4, 0.5) is 0 Å². The van der Waals surface area contributed by atoms with E-state index in [0.29, 0.717) is 11.5 Å². The summed E-state index contributed by atoms with van der Waals surface area (Å²) >= 11 is 0. The second-order valence-corrected chi connectivity index (χ2v) is 3.64. The molecule has 0 radical (unpaired) electrons. The second kappa shape index (κ2) is 5.39. The Labute approximate surface area is 94.8 Å². The summed E-state index contributed by atoms with van der Waals surface area (Å²) in [6, 6.07) is 5.42. The Morgan fingerprint density at radius 1 is 1.25 bits per heavy atom. The lowest BCUT2D eigenvalue weighted by atomic mass is 9.97. The molecule has 4 heteroatoms. The van der Waals surface area contributed by atoms with Gasteiger partial charge in [0.25, 0.3) is 0 Å². The van der Waals surface area contributed by atoms with E-state index in [1.165, 1.54) is 0 Å². The quantitative estimate of drug-likeness (QED) is 0.833. The fourth-order valence-corrected chi connectivity index (χ4v) is 1.49. The minimum atomic E-state index is -0.811. The van der Waals surface area contributed by atoms with Crippen LogP contribution in [0.5, 0.6) is 11.5 Å². The van der Waals surface area contributed by atoms with Crippen LogP contribution in [0.15, 0.2) is 18.2 Å². The normalized spacial score (nSPS) is 11.9. The lowest BCUT2D eigenvalue weighted by Crippen LogP contribution is -2.03. The van der Waals surface area contributed by atoms with Gasteiger partial charge < -0.3 is 14.6 Å². The van der Waals surface area contributed by atoms with Crippen molar-refractivity contribution in [2.24, 2.45) is 0 Å². The molecule has 16 heavy (non-hydrogen) atoms. The van der Waals surface area contributed by atoms with Gasteiger partial charge in [0.1, 0.15) is 11.5 Å². The molecular formula is C12H16O4. The van der Waals surface area contributed by atoms with Gasteiger partial charge in [-0.25, -0.2) is 0 Å². The zero-order valence-corrected chi connectivity index (χ0v) is 9.69. The number of carbonyl (C=O) groups is 1. The van der Waals surface area contributed by atoms with Crippen LogP contribution in [0, 0.1) is 0 Å². The lowest BCUT2D eigenvalue weighted by Gasteiger charge is -2.12. The Balaban J connectivity index is 2.97. The highest BCUT2D eigenvalue weighted by Gasteiger charge is 2.12. The Hall–Kier alpha value is -1.71. The Morgan fingerprint density at radius 2 is 1.75 bits per heavy atom. The van der Waals surface area contributed by atoms with Crippen molar-refractivity contribution in [1.82, 2.24) is 0 Å². The number of hydrogen-bond donors (Lipinski definition) is 1. The average molecular weight is 224 g/mol. The third kappa shape index (κ3) is 3.15. The summed E-state index contributed by atoms with van der Waals surface area (Å²) in [5.41, 5.74) is 0.901. The van der Waals surface area contributed by atoms with Gasteiger partial charge in [-0.05, 0) is 23.6 Å². The molecule has 0 aliphatic heterocycles. The molecule has 0 heterocycles. The molecule has 0 fully saturated rings. The van der Waals surface area contributed by atoms with Crippen LogP contribution in [0.25, 0.3) is 0 Å². The summed E-state index contributed by atoms with van der Waals surface area (Å²) in [6.07, 6.45) is 0.0936. The Bertz CT molecular complexity index is 351. The van der Waals surface area contributed by atoms with E-state index < -0.39 is 5.97 Å². The summed E-state index contributed by atoms with van der Waals surface area (Å²) in [5, 5.41) is 8.74. The first-order valence-corrected chi connectivity index (χ1v) is 5.01. The minimum absolute atomic E-state index is 0.0681. The number of methoxy groups -OCH3 is 2. The van der Waals surface area contributed by atoms with Gasteiger partial charge in [-0.3, -0.25) is 4.79 Å². The highest BCUT2D eigenvalue weighted by atomic mass is 16.5. The van der Waals surface area contributed by atoms with Gasteiger partial charge in [-0.1, -0.05) is 6.92 Å². The molecule has 88 valence electrons. The van der Waals surface area contributed by atoms with Gasteiger partial charge in [0, 0.05) is 6.07 Å². The van der Waals surface area contributed by atoms with E-state index in [1.54, 1.807) is 20.3 Å². The first-order valence-electron chi connectivity index (χ1n) is 5.01. The predicted octanol–water partition coefficient (Wildman–Crippen LogP) is 2.28. The molecule has 1 rings (SSSR count). The smallest absolute Gasteiger partial charge is 0.303 e. The fourth-order valence-electron chi connectivity index (χ4n) is 1.49. The van der Waals surface area contributed by atoms with Crippen LogP contribution in [-0.2, 0) is 4.79 Å². The van der Waals surface area contributed by atoms with Crippen LogP contribution in [0.3, 0.4) is 0 Å². The monoisotopic (exact) mass is 224 g/mol. The lowest BCUT2D eigenvalue weighted by molar-refractivity contribution is -0.137. The molecule has 0 spiro atoms. The van der Waals surface area contributed by atoms with E-state index >= 15 is 0 Å². The van der Waals surface area contributed by atoms with Crippen molar-refractivity contribution in [1.29, 1.82) is 0 Å². The van der Waals surface area contributed by atoms with Gasteiger partial charge in [0.15, 0.2) is 0 Å². The molecule has 0 amide bonds. The van der Waals surface area contributed by atoms with E-state index in [2.05, 4.69) is 0 Å². The van der Waals surface area contributed by atoms with Gasteiger partial charge in [-0.2, -0.15) is 0 Å². The number of ether oxygens (including phenoxy) is 2. The van der Waals surface area contributed by atoms with Crippen LogP contribution in [0.1, 0.15) is 24.8 Å². The van der Waals surface area contributed by atoms with Gasteiger partial charge >= 0.3 is 5.97 Å². The largest absolute Gasteiger partial charge is 0.497 e. The molecule has 0 aliphatic rings. The number of hydrogen-bond acceptors (Lipinski definition) is 3. The summed E-state index contributed by atoms with van der Waals surface area (Å²) in [5.74, 6) is 0.467. The van der Waals surface area contributed by atoms with Gasteiger partial charge in [-0.15, -0.1) is 0 Å². The summed E-state index contributed by atoms with van der Waals surface area (Å²) < 4.78 is 10.3. The molecule has 0 aromatic heterocycles. The molecule has 0 saturated carbocycles. The van der Waals surface area contributed by atoms with Crippen molar-refractivity contribution in [3.63, 3.8) is 0 Å². The Kier molecular flexibility index (Phi) is 4.17. The molecule has 0 saturated heterocycles. The highest BCUT2D eigenvalue weighted by molar-refractivity contribution is 5.68. The van der Waals surface area contributed by atoms with Crippen LogP contribution in [-0.4, -0.2) is 25.3 Å². The topological polar surface area (TPSA) is 55.8 Å². The summed E-state index contributed by atoms with van der Waals surface area (Å²) in [6.45, 7) is 1.86. The highest BCUT2D eigenvalue weighted by Crippen LogP contribution is 2.28. The van der Waals surface area contributed by atoms with Crippen LogP contribution >= 0.6 is 0 Å². The maximum atomic E-state index is 10.6. The van der Waals surface area contributed by atoms with E-state index in [4.69, 9.17) is 14.6 Å². The summed E-state index contributed by atoms with van der Waals surface area (Å²) in [4.78, 5) is 10.6. The number of carboxylic acid groups (broad SMARTS) is 1. The summed E-state index contributed by atoms with van der Waals surface area (Å²) in [7, 11) is 3.14. The molecule has 0 bridgehead atoms. The van der Waals surface area contributed by atoms with E-state index in [0.717, 1.165) is 5.56 Å². The predicted molar refractivity (Wildman–Crippen MR) is 60.2 cm³/mol. The first kappa shape index (κ1) is 12.4. The molecule has 1 N–H and O–H groups in total. The maximum Gasteiger partial charge on any atom is 0.303 e. The Morgan fingerprint density at radius 3 is 2.12 bits per heavy atom. The van der Waals surface area contributed by atoms with Crippen molar-refractivity contribution >= 4 is 5.97 Å². The zero-order valence-electron chi connectivity index (χ0n) is 9.69. The first-order chi connectivity index (χ1) is 7.56. The average Bonchev–Trinajstić information content (AvgIpc) is 2.27. The molecule has 1 aromatic rings. The maximum absolute atomic E-state index is 10.6. The van der Waals surface area contributed by atoms with Gasteiger partial charge in [0.05, 0.1) is 20.6 Å². The van der Waals surface area contributed by atoms with E-state index in [1.807, 2.05) is 19.1 Å². The number of rotatable bonds is 5. The van der Waals surface area contributed by atoms with Crippen molar-refractivity contribution in [3.8, 4) is 11.5 Å². The molecule has 0 unspecified atom stereocenters. The van der Waals surface area contributed by atoms with E-state index in [9.17, 15) is 4.79 Å². The second-order valence-electron chi connectivity index (χ2n) is 3.64. The van der Waals surface area contributed by atoms with Crippen molar-refractivity contribution in [3.05, 3.63) is 23.8 Å². The molecule has 4 nitrogen and oxygen atoms in total. The van der Waals surface area contributed by atoms with E-state index in [-0.39, 0.29) is 12.3 Å². The number of carboxylic acids is 1. The van der Waals surface area contributed by atoms with Gasteiger partial charge in [0.2, 0.25) is 0 Å². The minimum Gasteiger partial charge on any atom is -0.497 e. The third-order valence-corrected chi connectivity index (χ3v) is 2.42. The SMILES string of the molecule is COc1cc(OC)cc([C@H](C)CC(=O)O)c1. The molecule has 1 atom stereocenters. The zero-order chi connectivity index (χ0) is 12.1. The van der Waals surface area contributed by atoms with Crippen molar-refractivity contribution in [2.45, 2.75) is 19.3 Å². The number of aliphatic carboxylic acids is 1. The molecular weight excluding hydrogens is 208 g/mol. The van der Waals surface area contributed by atoms with Crippen molar-refractivity contribution < 1.29 is 19.4 Å². The molecule has 0 aliphatic carbocycles. The molecule has 1 aromatic carbocycles. The standard InChI is InChI=1S/C12H16O4/c1-8(4-12(13)14)9-5-10(15-2)7-11(6-9)16-3/h5-8H,4H2,1-3H3,(H,13,14)/t8-/m1/s1. The fraction of sp³-hybridized carbons (Fsp3) is 0.417. The number of benzene rings is 1. The van der Waals surface area contributed by atoms with Crippen LogP contribution in [0.2, 0.25) is 0 Å². The van der Waals surface area contributed by atoms with Crippen LogP contribution < -0.4 is 9.47 Å². The van der Waals surface area contributed by atoms with Crippen molar-refractivity contribution in [2.75, 3.05) is 14.2 Å².